The van der Waals surface area contributed by atoms with Crippen LogP contribution in [0.1, 0.15) is 24.5 Å². The number of sulfone groups is 1. The first-order valence-corrected chi connectivity index (χ1v) is 7.66. The topological polar surface area (TPSA) is 84.6 Å². The van der Waals surface area contributed by atoms with Gasteiger partial charge >= 0.3 is 0 Å². The van der Waals surface area contributed by atoms with Gasteiger partial charge in [0.1, 0.15) is 9.84 Å². The molecule has 0 fully saturated rings. The van der Waals surface area contributed by atoms with Crippen molar-refractivity contribution in [1.29, 1.82) is 0 Å². The molecule has 0 spiro atoms. The minimum atomic E-state index is -2.98. The van der Waals surface area contributed by atoms with Gasteiger partial charge in [0, 0.05) is 30.0 Å². The molecule has 6 nitrogen and oxygen atoms in total. The summed E-state index contributed by atoms with van der Waals surface area (Å²) in [6.45, 7) is 0. The Balaban J connectivity index is 2.07. The molecule has 0 aliphatic heterocycles. The maximum Gasteiger partial charge on any atom is 0.147 e. The predicted octanol–water partition coefficient (Wildman–Crippen LogP) is 0.587. The zero-order valence-corrected chi connectivity index (χ0v) is 10.8. The molecule has 98 valence electrons. The number of hydrogen-bond donors (Lipinski definition) is 1. The lowest BCUT2D eigenvalue weighted by Crippen LogP contribution is -2.05. The predicted molar refractivity (Wildman–Crippen MR) is 66.9 cm³/mol. The minimum Gasteiger partial charge on any atom is -0.388 e. The number of aromatic nitrogens is 3. The molecule has 0 saturated carbocycles. The van der Waals surface area contributed by atoms with Crippen LogP contribution in [-0.2, 0) is 9.84 Å². The molecule has 1 unspecified atom stereocenters. The molecule has 0 radical (unpaired) electrons. The SMILES string of the molecule is CS(=O)(=O)CCCC(O)c1cnn2ccncc12. The minimum absolute atomic E-state index is 0.0848. The number of hydrogen-bond acceptors (Lipinski definition) is 5. The van der Waals surface area contributed by atoms with Crippen molar-refractivity contribution in [2.24, 2.45) is 0 Å². The lowest BCUT2D eigenvalue weighted by Gasteiger charge is -2.08. The van der Waals surface area contributed by atoms with Gasteiger partial charge in [-0.1, -0.05) is 0 Å². The summed E-state index contributed by atoms with van der Waals surface area (Å²) in [5, 5.41) is 14.1. The summed E-state index contributed by atoms with van der Waals surface area (Å²) in [7, 11) is -2.98. The lowest BCUT2D eigenvalue weighted by atomic mass is 10.1. The van der Waals surface area contributed by atoms with E-state index in [0.717, 1.165) is 5.52 Å². The van der Waals surface area contributed by atoms with E-state index in [1.165, 1.54) is 6.26 Å². The molecule has 0 bridgehead atoms. The molecule has 0 aliphatic rings. The van der Waals surface area contributed by atoms with Gasteiger partial charge in [-0.3, -0.25) is 4.98 Å². The highest BCUT2D eigenvalue weighted by Crippen LogP contribution is 2.22. The molecule has 1 N–H and O–H groups in total. The van der Waals surface area contributed by atoms with Gasteiger partial charge in [0.25, 0.3) is 0 Å². The number of fused-ring (bicyclic) bond motifs is 1. The fourth-order valence-electron chi connectivity index (χ4n) is 1.80. The zero-order chi connectivity index (χ0) is 13.2. The second-order valence-electron chi connectivity index (χ2n) is 4.29. The molecule has 0 saturated heterocycles. The molecule has 0 aromatic carbocycles. The summed E-state index contributed by atoms with van der Waals surface area (Å²) < 4.78 is 23.6. The van der Waals surface area contributed by atoms with Crippen LogP contribution in [0.25, 0.3) is 5.52 Å². The second kappa shape index (κ2) is 5.03. The summed E-state index contributed by atoms with van der Waals surface area (Å²) in [4.78, 5) is 3.98. The van der Waals surface area contributed by atoms with Crippen molar-refractivity contribution in [3.63, 3.8) is 0 Å². The highest BCUT2D eigenvalue weighted by Gasteiger charge is 2.14. The van der Waals surface area contributed by atoms with Gasteiger partial charge in [-0.2, -0.15) is 5.10 Å². The van der Waals surface area contributed by atoms with Crippen LogP contribution in [0.2, 0.25) is 0 Å². The molecular weight excluding hydrogens is 254 g/mol. The molecular formula is C11H15N3O3S. The molecule has 2 aromatic heterocycles. The molecule has 2 aromatic rings. The third-order valence-electron chi connectivity index (χ3n) is 2.71. The van der Waals surface area contributed by atoms with Crippen molar-refractivity contribution in [1.82, 2.24) is 14.6 Å². The molecule has 2 heterocycles. The smallest absolute Gasteiger partial charge is 0.147 e. The Bertz CT molecular complexity index is 636. The van der Waals surface area contributed by atoms with E-state index in [-0.39, 0.29) is 5.75 Å². The first-order chi connectivity index (χ1) is 8.47. The largest absolute Gasteiger partial charge is 0.388 e. The van der Waals surface area contributed by atoms with Crippen molar-refractivity contribution in [3.05, 3.63) is 30.4 Å². The summed E-state index contributed by atoms with van der Waals surface area (Å²) in [6.07, 6.45) is 7.82. The van der Waals surface area contributed by atoms with Crippen LogP contribution in [0.15, 0.2) is 24.8 Å². The normalized spacial score (nSPS) is 13.9. The first-order valence-electron chi connectivity index (χ1n) is 5.60. The van der Waals surface area contributed by atoms with Crippen molar-refractivity contribution >= 4 is 15.4 Å². The van der Waals surface area contributed by atoms with Crippen molar-refractivity contribution in [2.75, 3.05) is 12.0 Å². The Morgan fingerprint density at radius 1 is 1.44 bits per heavy atom. The summed E-state index contributed by atoms with van der Waals surface area (Å²) in [5.74, 6) is 0.0848. The van der Waals surface area contributed by atoms with E-state index in [9.17, 15) is 13.5 Å². The summed E-state index contributed by atoms with van der Waals surface area (Å²) >= 11 is 0. The molecule has 1 atom stereocenters. The van der Waals surface area contributed by atoms with Crippen LogP contribution in [0.3, 0.4) is 0 Å². The number of aliphatic hydroxyl groups excluding tert-OH is 1. The van der Waals surface area contributed by atoms with E-state index in [4.69, 9.17) is 0 Å². The van der Waals surface area contributed by atoms with E-state index in [0.29, 0.717) is 18.4 Å². The van der Waals surface area contributed by atoms with Crippen LogP contribution >= 0.6 is 0 Å². The average molecular weight is 269 g/mol. The fourth-order valence-corrected chi connectivity index (χ4v) is 2.49. The van der Waals surface area contributed by atoms with E-state index in [1.54, 1.807) is 29.3 Å². The van der Waals surface area contributed by atoms with Gasteiger partial charge in [-0.05, 0) is 12.8 Å². The highest BCUT2D eigenvalue weighted by molar-refractivity contribution is 7.90. The number of nitrogens with zero attached hydrogens (tertiary/aromatic N) is 3. The third kappa shape index (κ3) is 3.05. The Morgan fingerprint density at radius 2 is 2.22 bits per heavy atom. The van der Waals surface area contributed by atoms with Crippen LogP contribution in [0, 0.1) is 0 Å². The van der Waals surface area contributed by atoms with Crippen LogP contribution < -0.4 is 0 Å². The standard InChI is InChI=1S/C11H15N3O3S/c1-18(16,17)6-2-3-11(15)9-7-13-14-5-4-12-8-10(9)14/h4-5,7-8,11,15H,2-3,6H2,1H3. The van der Waals surface area contributed by atoms with Crippen LogP contribution in [-0.4, -0.2) is 40.1 Å². The van der Waals surface area contributed by atoms with E-state index < -0.39 is 15.9 Å². The number of aliphatic hydroxyl groups is 1. The van der Waals surface area contributed by atoms with E-state index >= 15 is 0 Å². The quantitative estimate of drug-likeness (QED) is 0.858. The lowest BCUT2D eigenvalue weighted by molar-refractivity contribution is 0.168. The van der Waals surface area contributed by atoms with Crippen molar-refractivity contribution in [2.45, 2.75) is 18.9 Å². The summed E-state index contributed by atoms with van der Waals surface area (Å²) in [6, 6.07) is 0. The Hall–Kier alpha value is -1.47. The molecule has 18 heavy (non-hydrogen) atoms. The van der Waals surface area contributed by atoms with Gasteiger partial charge in [-0.15, -0.1) is 0 Å². The maximum absolute atomic E-state index is 11.0. The molecule has 7 heteroatoms. The average Bonchev–Trinajstić information content (AvgIpc) is 2.70. The van der Waals surface area contributed by atoms with Gasteiger partial charge in [0.15, 0.2) is 0 Å². The Morgan fingerprint density at radius 3 is 2.94 bits per heavy atom. The maximum atomic E-state index is 11.0. The molecule has 0 amide bonds. The second-order valence-corrected chi connectivity index (χ2v) is 6.55. The third-order valence-corrected chi connectivity index (χ3v) is 3.74. The van der Waals surface area contributed by atoms with Crippen molar-refractivity contribution in [3.8, 4) is 0 Å². The Kier molecular flexibility index (Phi) is 3.63. The fraction of sp³-hybridized carbons (Fsp3) is 0.455. The highest BCUT2D eigenvalue weighted by atomic mass is 32.2. The van der Waals surface area contributed by atoms with Gasteiger partial charge < -0.3 is 5.11 Å². The van der Waals surface area contributed by atoms with Gasteiger partial charge in [-0.25, -0.2) is 12.9 Å². The van der Waals surface area contributed by atoms with Gasteiger partial charge in [0.2, 0.25) is 0 Å². The van der Waals surface area contributed by atoms with E-state index in [2.05, 4.69) is 10.1 Å². The molecule has 2 rings (SSSR count). The summed E-state index contributed by atoms with van der Waals surface area (Å²) in [5.41, 5.74) is 1.42. The van der Waals surface area contributed by atoms with Crippen LogP contribution in [0.5, 0.6) is 0 Å². The van der Waals surface area contributed by atoms with E-state index in [1.807, 2.05) is 0 Å². The number of rotatable bonds is 5. The van der Waals surface area contributed by atoms with Gasteiger partial charge in [0.05, 0.1) is 24.0 Å². The molecule has 0 aliphatic carbocycles. The Labute approximate surface area is 105 Å². The van der Waals surface area contributed by atoms with Crippen LogP contribution in [0.4, 0.5) is 0 Å². The monoisotopic (exact) mass is 269 g/mol. The zero-order valence-electron chi connectivity index (χ0n) is 10.0. The first kappa shape index (κ1) is 13.0. The van der Waals surface area contributed by atoms with Crippen molar-refractivity contribution < 1.29 is 13.5 Å².